The molecule has 1 rings (SSSR count). The topological polar surface area (TPSA) is 45.2 Å². The maximum Gasteiger partial charge on any atom is 0.237 e. The first-order chi connectivity index (χ1) is 7.91. The Morgan fingerprint density at radius 1 is 1.53 bits per heavy atom. The van der Waals surface area contributed by atoms with Crippen molar-refractivity contribution in [3.05, 3.63) is 16.1 Å². The number of nitrogens with one attached hydrogen (secondary N) is 1. The second-order valence-electron chi connectivity index (χ2n) is 4.62. The van der Waals surface area contributed by atoms with Gasteiger partial charge in [0.25, 0.3) is 0 Å². The van der Waals surface area contributed by atoms with E-state index < -0.39 is 0 Å². The number of aromatic nitrogens is 1. The van der Waals surface area contributed by atoms with Crippen LogP contribution in [-0.4, -0.2) is 34.9 Å². The zero-order chi connectivity index (χ0) is 13.0. The van der Waals surface area contributed by atoms with Gasteiger partial charge in [-0.1, -0.05) is 0 Å². The largest absolute Gasteiger partial charge is 0.353 e. The quantitative estimate of drug-likeness (QED) is 0.872. The standard InChI is InChI=1S/C12H21N3OS/c1-8(2)14-12(16)10(4)15(5)6-11-9(3)13-7-17-11/h7-8,10H,6H2,1-5H3,(H,14,16). The average molecular weight is 255 g/mol. The molecule has 0 bridgehead atoms. The van der Waals surface area contributed by atoms with Gasteiger partial charge in [-0.3, -0.25) is 9.69 Å². The number of thiazole rings is 1. The number of hydrogen-bond acceptors (Lipinski definition) is 4. The van der Waals surface area contributed by atoms with Gasteiger partial charge in [0.1, 0.15) is 0 Å². The minimum absolute atomic E-state index is 0.0738. The first-order valence-electron chi connectivity index (χ1n) is 5.81. The average Bonchev–Trinajstić information content (AvgIpc) is 2.62. The van der Waals surface area contributed by atoms with Crippen LogP contribution < -0.4 is 5.32 Å². The SMILES string of the molecule is Cc1ncsc1CN(C)C(C)C(=O)NC(C)C. The molecule has 5 heteroatoms. The van der Waals surface area contributed by atoms with E-state index in [-0.39, 0.29) is 18.0 Å². The van der Waals surface area contributed by atoms with Crippen molar-refractivity contribution in [3.63, 3.8) is 0 Å². The van der Waals surface area contributed by atoms with Gasteiger partial charge in [-0.05, 0) is 34.7 Å². The van der Waals surface area contributed by atoms with Crippen LogP contribution in [0.15, 0.2) is 5.51 Å². The molecular weight excluding hydrogens is 234 g/mol. The summed E-state index contributed by atoms with van der Waals surface area (Å²) in [5.74, 6) is 0.0738. The molecule has 0 aliphatic heterocycles. The maximum atomic E-state index is 11.8. The van der Waals surface area contributed by atoms with Gasteiger partial charge >= 0.3 is 0 Å². The van der Waals surface area contributed by atoms with Gasteiger partial charge in [0.05, 0.1) is 17.2 Å². The lowest BCUT2D eigenvalue weighted by Gasteiger charge is -2.24. The van der Waals surface area contributed by atoms with Crippen LogP contribution in [0.2, 0.25) is 0 Å². The van der Waals surface area contributed by atoms with E-state index in [2.05, 4.69) is 10.3 Å². The first-order valence-corrected chi connectivity index (χ1v) is 6.69. The molecule has 0 aliphatic carbocycles. The van der Waals surface area contributed by atoms with Crippen molar-refractivity contribution in [2.45, 2.75) is 46.3 Å². The minimum atomic E-state index is -0.126. The lowest BCUT2D eigenvalue weighted by atomic mass is 10.2. The molecule has 0 radical (unpaired) electrons. The van der Waals surface area contributed by atoms with Gasteiger partial charge in [0.2, 0.25) is 5.91 Å². The Bertz CT molecular complexity index is 376. The second-order valence-corrected chi connectivity index (χ2v) is 5.55. The number of hydrogen-bond donors (Lipinski definition) is 1. The van der Waals surface area contributed by atoms with Crippen molar-refractivity contribution < 1.29 is 4.79 Å². The van der Waals surface area contributed by atoms with Crippen LogP contribution in [0.4, 0.5) is 0 Å². The third kappa shape index (κ3) is 4.09. The number of carbonyl (C=O) groups excluding carboxylic acids is 1. The van der Waals surface area contributed by atoms with E-state index in [9.17, 15) is 4.79 Å². The Labute approximate surface area is 107 Å². The molecule has 1 heterocycles. The van der Waals surface area contributed by atoms with E-state index >= 15 is 0 Å². The van der Waals surface area contributed by atoms with E-state index in [1.807, 2.05) is 45.2 Å². The molecule has 1 atom stereocenters. The molecular formula is C12H21N3OS. The zero-order valence-corrected chi connectivity index (χ0v) is 12.0. The Morgan fingerprint density at radius 2 is 2.18 bits per heavy atom. The van der Waals surface area contributed by atoms with Crippen molar-refractivity contribution in [2.24, 2.45) is 0 Å². The Kier molecular flexibility index (Phi) is 5.08. The summed E-state index contributed by atoms with van der Waals surface area (Å²) in [6, 6.07) is 0.0578. The van der Waals surface area contributed by atoms with Gasteiger partial charge in [0, 0.05) is 17.5 Å². The highest BCUT2D eigenvalue weighted by Gasteiger charge is 2.19. The summed E-state index contributed by atoms with van der Waals surface area (Å²) in [6.07, 6.45) is 0. The molecule has 1 amide bonds. The van der Waals surface area contributed by atoms with Crippen LogP contribution in [0.5, 0.6) is 0 Å². The highest BCUT2D eigenvalue weighted by molar-refractivity contribution is 7.09. The molecule has 1 aromatic rings. The van der Waals surface area contributed by atoms with Crippen molar-refractivity contribution in [1.29, 1.82) is 0 Å². The number of amides is 1. The second kappa shape index (κ2) is 6.12. The molecule has 1 aromatic heterocycles. The molecule has 0 saturated heterocycles. The fourth-order valence-corrected chi connectivity index (χ4v) is 2.29. The van der Waals surface area contributed by atoms with Crippen molar-refractivity contribution in [2.75, 3.05) is 7.05 Å². The molecule has 1 unspecified atom stereocenters. The van der Waals surface area contributed by atoms with E-state index in [0.717, 1.165) is 12.2 Å². The molecule has 0 aromatic carbocycles. The first kappa shape index (κ1) is 14.1. The molecule has 0 spiro atoms. The van der Waals surface area contributed by atoms with Crippen molar-refractivity contribution >= 4 is 17.2 Å². The third-order valence-electron chi connectivity index (χ3n) is 2.71. The maximum absolute atomic E-state index is 11.8. The van der Waals surface area contributed by atoms with Gasteiger partial charge in [-0.25, -0.2) is 4.98 Å². The number of likely N-dealkylation sites (N-methyl/N-ethyl adjacent to an activating group) is 1. The number of rotatable bonds is 5. The Hall–Kier alpha value is -0.940. The van der Waals surface area contributed by atoms with Gasteiger partial charge in [-0.15, -0.1) is 11.3 Å². The molecule has 0 aliphatic rings. The highest BCUT2D eigenvalue weighted by atomic mass is 32.1. The third-order valence-corrected chi connectivity index (χ3v) is 3.63. The summed E-state index contributed by atoms with van der Waals surface area (Å²) in [7, 11) is 1.96. The molecule has 0 fully saturated rings. The van der Waals surface area contributed by atoms with Crippen LogP contribution in [-0.2, 0) is 11.3 Å². The fraction of sp³-hybridized carbons (Fsp3) is 0.667. The zero-order valence-electron chi connectivity index (χ0n) is 11.2. The van der Waals surface area contributed by atoms with E-state index in [1.165, 1.54) is 4.88 Å². The summed E-state index contributed by atoms with van der Waals surface area (Å²) < 4.78 is 0. The predicted molar refractivity (Wildman–Crippen MR) is 71.1 cm³/mol. The van der Waals surface area contributed by atoms with Crippen LogP contribution in [0.25, 0.3) is 0 Å². The summed E-state index contributed by atoms with van der Waals surface area (Å²) >= 11 is 1.64. The normalized spacial score (nSPS) is 13.1. The molecule has 96 valence electrons. The molecule has 1 N–H and O–H groups in total. The predicted octanol–water partition coefficient (Wildman–Crippen LogP) is 1.80. The number of aryl methyl sites for hydroxylation is 1. The van der Waals surface area contributed by atoms with Crippen LogP contribution in [0, 0.1) is 6.92 Å². The molecule has 4 nitrogen and oxygen atoms in total. The van der Waals surface area contributed by atoms with Crippen LogP contribution in [0.3, 0.4) is 0 Å². The van der Waals surface area contributed by atoms with Crippen LogP contribution >= 0.6 is 11.3 Å². The van der Waals surface area contributed by atoms with Gasteiger partial charge in [0.15, 0.2) is 0 Å². The number of carbonyl (C=O) groups is 1. The van der Waals surface area contributed by atoms with E-state index in [0.29, 0.717) is 0 Å². The summed E-state index contributed by atoms with van der Waals surface area (Å²) in [6.45, 7) is 8.63. The summed E-state index contributed by atoms with van der Waals surface area (Å²) in [4.78, 5) is 19.3. The van der Waals surface area contributed by atoms with Gasteiger partial charge < -0.3 is 5.32 Å². The van der Waals surface area contributed by atoms with Crippen LogP contribution in [0.1, 0.15) is 31.3 Å². The Morgan fingerprint density at radius 3 is 2.65 bits per heavy atom. The number of nitrogens with zero attached hydrogens (tertiary/aromatic N) is 2. The van der Waals surface area contributed by atoms with Gasteiger partial charge in [-0.2, -0.15) is 0 Å². The summed E-state index contributed by atoms with van der Waals surface area (Å²) in [5, 5.41) is 2.92. The fourth-order valence-electron chi connectivity index (χ4n) is 1.45. The van der Waals surface area contributed by atoms with E-state index in [1.54, 1.807) is 11.3 Å². The lowest BCUT2D eigenvalue weighted by molar-refractivity contribution is -0.126. The summed E-state index contributed by atoms with van der Waals surface area (Å²) in [5.41, 5.74) is 2.90. The smallest absolute Gasteiger partial charge is 0.237 e. The monoisotopic (exact) mass is 255 g/mol. The lowest BCUT2D eigenvalue weighted by Crippen LogP contribution is -2.45. The highest BCUT2D eigenvalue weighted by Crippen LogP contribution is 2.15. The van der Waals surface area contributed by atoms with Crippen molar-refractivity contribution in [1.82, 2.24) is 15.2 Å². The van der Waals surface area contributed by atoms with E-state index in [4.69, 9.17) is 0 Å². The minimum Gasteiger partial charge on any atom is -0.353 e. The molecule has 0 saturated carbocycles. The molecule has 17 heavy (non-hydrogen) atoms. The van der Waals surface area contributed by atoms with Crippen molar-refractivity contribution in [3.8, 4) is 0 Å². The Balaban J connectivity index is 2.55.